The zero-order chi connectivity index (χ0) is 12.5. The molecule has 4 nitrogen and oxygen atoms in total. The highest BCUT2D eigenvalue weighted by Crippen LogP contribution is 2.10. The average Bonchev–Trinajstić information content (AvgIpc) is 2.23. The van der Waals surface area contributed by atoms with Crippen LogP contribution in [0.2, 0.25) is 0 Å². The number of rotatable bonds is 1. The molecular formula is C11H21NO3. The van der Waals surface area contributed by atoms with Crippen molar-refractivity contribution in [3.8, 4) is 0 Å². The number of aryl methyl sites for hydroxylation is 1. The molecule has 0 aromatic carbocycles. The molecule has 0 atom stereocenters. The Labute approximate surface area is 91.2 Å². The molecule has 1 rings (SSSR count). The largest absolute Gasteiger partial charge is 0.338 e. The predicted molar refractivity (Wildman–Crippen MR) is 60.0 cm³/mol. The van der Waals surface area contributed by atoms with Crippen LogP contribution in [0.1, 0.15) is 39.1 Å². The van der Waals surface area contributed by atoms with Crippen LogP contribution in [0.4, 0.5) is 0 Å². The van der Waals surface area contributed by atoms with Crippen molar-refractivity contribution in [1.29, 1.82) is 0 Å². The van der Waals surface area contributed by atoms with Crippen LogP contribution >= 0.6 is 0 Å². The lowest BCUT2D eigenvalue weighted by atomic mass is 10.3. The third-order valence-corrected chi connectivity index (χ3v) is 1.23. The Morgan fingerprint density at radius 1 is 1.00 bits per heavy atom. The van der Waals surface area contributed by atoms with Crippen LogP contribution in [-0.2, 0) is 5.97 Å². The molecule has 0 aliphatic rings. The molecule has 15 heavy (non-hydrogen) atoms. The van der Waals surface area contributed by atoms with Crippen molar-refractivity contribution < 1.29 is 15.3 Å². The van der Waals surface area contributed by atoms with Gasteiger partial charge in [0.1, 0.15) is 5.69 Å². The van der Waals surface area contributed by atoms with Gasteiger partial charge in [-0.3, -0.25) is 0 Å². The summed E-state index contributed by atoms with van der Waals surface area (Å²) in [5.74, 6) is -2.83. The molecule has 0 fully saturated rings. The van der Waals surface area contributed by atoms with Crippen LogP contribution in [0.3, 0.4) is 0 Å². The summed E-state index contributed by atoms with van der Waals surface area (Å²) < 4.78 is 0. The zero-order valence-corrected chi connectivity index (χ0v) is 10.0. The Bertz CT molecular complexity index is 256. The lowest BCUT2D eigenvalue weighted by molar-refractivity contribution is -0.326. The van der Waals surface area contributed by atoms with Gasteiger partial charge in [0.2, 0.25) is 0 Å². The van der Waals surface area contributed by atoms with Crippen molar-refractivity contribution in [3.63, 3.8) is 0 Å². The first-order chi connectivity index (χ1) is 7.00. The van der Waals surface area contributed by atoms with Crippen molar-refractivity contribution in [2.24, 2.45) is 0 Å². The van der Waals surface area contributed by atoms with Gasteiger partial charge in [0.15, 0.2) is 0 Å². The summed E-state index contributed by atoms with van der Waals surface area (Å²) in [5, 5.41) is 26.0. The molecular weight excluding hydrogens is 194 g/mol. The van der Waals surface area contributed by atoms with Crippen LogP contribution in [-0.4, -0.2) is 20.3 Å². The van der Waals surface area contributed by atoms with Gasteiger partial charge in [-0.05, 0) is 19.1 Å². The van der Waals surface area contributed by atoms with E-state index in [0.29, 0.717) is 5.69 Å². The average molecular weight is 215 g/mol. The summed E-state index contributed by atoms with van der Waals surface area (Å²) in [6, 6.07) is 4.59. The minimum atomic E-state index is -2.83. The fourth-order valence-electron chi connectivity index (χ4n) is 0.730. The van der Waals surface area contributed by atoms with Gasteiger partial charge in [-0.25, -0.2) is 4.98 Å². The second-order valence-corrected chi connectivity index (χ2v) is 2.30. The summed E-state index contributed by atoms with van der Waals surface area (Å²) in [7, 11) is 0. The maximum atomic E-state index is 8.66. The maximum Gasteiger partial charge on any atom is 0.322 e. The Balaban J connectivity index is 0. The fraction of sp³-hybridized carbons (Fsp3) is 0.545. The molecule has 1 aromatic rings. The predicted octanol–water partition coefficient (Wildman–Crippen LogP) is 1.53. The standard InChI is InChI=1S/C7H9NO3.2C2H6/c1-5-3-2-4-6(8-5)7(9,10)11;2*1-2/h2-4,9-11H,1H3;2*1-2H3. The van der Waals surface area contributed by atoms with Gasteiger partial charge in [0.05, 0.1) is 0 Å². The molecule has 0 amide bonds. The number of hydrogen-bond donors (Lipinski definition) is 3. The first-order valence-electron chi connectivity index (χ1n) is 5.11. The van der Waals surface area contributed by atoms with Crippen LogP contribution < -0.4 is 0 Å². The molecule has 4 heteroatoms. The van der Waals surface area contributed by atoms with E-state index < -0.39 is 5.97 Å². The van der Waals surface area contributed by atoms with Crippen molar-refractivity contribution >= 4 is 0 Å². The van der Waals surface area contributed by atoms with Gasteiger partial charge in [-0.15, -0.1) is 0 Å². The molecule has 1 aromatic heterocycles. The van der Waals surface area contributed by atoms with Gasteiger partial charge in [-0.1, -0.05) is 33.8 Å². The van der Waals surface area contributed by atoms with Crippen LogP contribution in [0, 0.1) is 6.92 Å². The second-order valence-electron chi connectivity index (χ2n) is 2.30. The Morgan fingerprint density at radius 3 is 1.73 bits per heavy atom. The molecule has 0 saturated heterocycles. The van der Waals surface area contributed by atoms with E-state index in [1.165, 1.54) is 6.07 Å². The number of aliphatic hydroxyl groups is 3. The summed E-state index contributed by atoms with van der Waals surface area (Å²) in [6.45, 7) is 9.69. The van der Waals surface area contributed by atoms with Gasteiger partial charge in [0.25, 0.3) is 0 Å². The van der Waals surface area contributed by atoms with Crippen LogP contribution in [0.25, 0.3) is 0 Å². The summed E-state index contributed by atoms with van der Waals surface area (Å²) in [5.41, 5.74) is 0.446. The van der Waals surface area contributed by atoms with E-state index in [1.54, 1.807) is 19.1 Å². The monoisotopic (exact) mass is 215 g/mol. The first-order valence-corrected chi connectivity index (χ1v) is 5.11. The lowest BCUT2D eigenvalue weighted by Crippen LogP contribution is -2.25. The maximum absolute atomic E-state index is 8.66. The highest BCUT2D eigenvalue weighted by Gasteiger charge is 2.22. The third kappa shape index (κ3) is 7.02. The third-order valence-electron chi connectivity index (χ3n) is 1.23. The smallest absolute Gasteiger partial charge is 0.322 e. The van der Waals surface area contributed by atoms with E-state index in [-0.39, 0.29) is 5.69 Å². The number of hydrogen-bond acceptors (Lipinski definition) is 4. The van der Waals surface area contributed by atoms with E-state index in [0.717, 1.165) is 0 Å². The molecule has 1 heterocycles. The van der Waals surface area contributed by atoms with Crippen molar-refractivity contribution in [3.05, 3.63) is 29.6 Å². The fourth-order valence-corrected chi connectivity index (χ4v) is 0.730. The quantitative estimate of drug-likeness (QED) is 0.621. The van der Waals surface area contributed by atoms with Gasteiger partial charge < -0.3 is 15.3 Å². The topological polar surface area (TPSA) is 73.6 Å². The SMILES string of the molecule is CC.CC.Cc1cccc(C(O)(O)O)n1. The highest BCUT2D eigenvalue weighted by molar-refractivity contribution is 5.11. The van der Waals surface area contributed by atoms with Gasteiger partial charge in [-0.2, -0.15) is 0 Å². The van der Waals surface area contributed by atoms with Crippen LogP contribution in [0.15, 0.2) is 18.2 Å². The van der Waals surface area contributed by atoms with Gasteiger partial charge >= 0.3 is 5.97 Å². The highest BCUT2D eigenvalue weighted by atomic mass is 16.7. The van der Waals surface area contributed by atoms with Crippen molar-refractivity contribution in [2.75, 3.05) is 0 Å². The summed E-state index contributed by atoms with van der Waals surface area (Å²) in [6.07, 6.45) is 0. The van der Waals surface area contributed by atoms with Crippen molar-refractivity contribution in [1.82, 2.24) is 4.98 Å². The van der Waals surface area contributed by atoms with E-state index in [9.17, 15) is 0 Å². The molecule has 3 N–H and O–H groups in total. The Hall–Kier alpha value is -0.970. The van der Waals surface area contributed by atoms with Crippen LogP contribution in [0.5, 0.6) is 0 Å². The Morgan fingerprint density at radius 2 is 1.47 bits per heavy atom. The minimum Gasteiger partial charge on any atom is -0.338 e. The van der Waals surface area contributed by atoms with E-state index in [1.807, 2.05) is 27.7 Å². The molecule has 88 valence electrons. The minimum absolute atomic E-state index is 0.169. The number of nitrogens with zero attached hydrogens (tertiary/aromatic N) is 1. The molecule has 0 spiro atoms. The molecule has 0 saturated carbocycles. The zero-order valence-electron chi connectivity index (χ0n) is 10.0. The number of pyridine rings is 1. The first kappa shape index (κ1) is 16.5. The van der Waals surface area contributed by atoms with E-state index >= 15 is 0 Å². The summed E-state index contributed by atoms with van der Waals surface area (Å²) >= 11 is 0. The van der Waals surface area contributed by atoms with Crippen molar-refractivity contribution in [2.45, 2.75) is 40.6 Å². The molecule has 0 unspecified atom stereocenters. The molecule has 0 bridgehead atoms. The normalized spacial score (nSPS) is 9.33. The van der Waals surface area contributed by atoms with E-state index in [4.69, 9.17) is 15.3 Å². The Kier molecular flexibility index (Phi) is 9.16. The second kappa shape index (κ2) is 8.35. The molecule has 0 aliphatic carbocycles. The molecule has 0 aliphatic heterocycles. The summed E-state index contributed by atoms with van der Waals surface area (Å²) in [4.78, 5) is 3.69. The molecule has 0 radical (unpaired) electrons. The lowest BCUT2D eigenvalue weighted by Gasteiger charge is -2.12. The van der Waals surface area contributed by atoms with E-state index in [2.05, 4.69) is 4.98 Å². The number of aromatic nitrogens is 1. The van der Waals surface area contributed by atoms with Gasteiger partial charge in [0, 0.05) is 5.69 Å².